The fraction of sp³-hybridized carbons (Fsp3) is 0.379. The first-order valence-electron chi connectivity index (χ1n) is 13.5. The summed E-state index contributed by atoms with van der Waals surface area (Å²) in [6, 6.07) is 14.3. The van der Waals surface area contributed by atoms with Gasteiger partial charge in [0, 0.05) is 37.2 Å². The van der Waals surface area contributed by atoms with E-state index in [4.69, 9.17) is 0 Å². The molecule has 2 aromatic carbocycles. The van der Waals surface area contributed by atoms with Crippen LogP contribution in [-0.2, 0) is 14.8 Å². The molecule has 1 atom stereocenters. The lowest BCUT2D eigenvalue weighted by Gasteiger charge is -2.33. The molecule has 1 N–H and O–H groups in total. The Morgan fingerprint density at radius 3 is 2.23 bits per heavy atom. The summed E-state index contributed by atoms with van der Waals surface area (Å²) in [4.78, 5) is 37.7. The van der Waals surface area contributed by atoms with Gasteiger partial charge in [-0.3, -0.25) is 19.5 Å². The highest BCUT2D eigenvalue weighted by Crippen LogP contribution is 2.32. The number of amides is 2. The molecule has 2 heterocycles. The van der Waals surface area contributed by atoms with Crippen LogP contribution in [0.15, 0.2) is 78.1 Å². The zero-order chi connectivity index (χ0) is 27.2. The average molecular weight is 548 g/mol. The molecule has 0 bridgehead atoms. The van der Waals surface area contributed by atoms with Crippen molar-refractivity contribution in [1.82, 2.24) is 19.6 Å². The van der Waals surface area contributed by atoms with E-state index < -0.39 is 22.0 Å². The van der Waals surface area contributed by atoms with Crippen molar-refractivity contribution in [1.29, 1.82) is 0 Å². The Morgan fingerprint density at radius 1 is 0.897 bits per heavy atom. The van der Waals surface area contributed by atoms with Crippen LogP contribution in [-0.4, -0.2) is 53.6 Å². The Kier molecular flexibility index (Phi) is 8.33. The molecule has 1 saturated heterocycles. The van der Waals surface area contributed by atoms with Gasteiger partial charge in [0.15, 0.2) is 0 Å². The van der Waals surface area contributed by atoms with Crippen molar-refractivity contribution in [3.05, 3.63) is 84.4 Å². The third-order valence-corrected chi connectivity index (χ3v) is 9.31. The normalized spacial score (nSPS) is 17.4. The maximum Gasteiger partial charge on any atom is 0.279 e. The standard InChI is InChI=1S/C29H33N5O4S/c35-28(32-23-11-5-2-6-12-23)27(22-9-3-1-4-10-22)34(29(36)26-21-30-17-18-31-26)24-13-15-25(16-14-24)39(37,38)33-19-7-8-20-33/h1,3-4,9-10,13-18,21,23,27H,2,5-8,11-12,19-20H2,(H,32,35)/t27-/m1/s1. The van der Waals surface area contributed by atoms with Crippen LogP contribution >= 0.6 is 0 Å². The van der Waals surface area contributed by atoms with Crippen LogP contribution in [0.3, 0.4) is 0 Å². The molecular formula is C29H33N5O4S. The van der Waals surface area contributed by atoms with E-state index in [1.165, 1.54) is 39.9 Å². The van der Waals surface area contributed by atoms with E-state index in [0.29, 0.717) is 24.3 Å². The molecule has 1 aliphatic heterocycles. The molecule has 0 radical (unpaired) electrons. The molecule has 2 fully saturated rings. The van der Waals surface area contributed by atoms with E-state index in [9.17, 15) is 18.0 Å². The molecule has 5 rings (SSSR count). The van der Waals surface area contributed by atoms with Crippen molar-refractivity contribution in [2.45, 2.75) is 61.9 Å². The van der Waals surface area contributed by atoms with Gasteiger partial charge >= 0.3 is 0 Å². The number of nitrogens with zero attached hydrogens (tertiary/aromatic N) is 4. The van der Waals surface area contributed by atoms with Crippen molar-refractivity contribution in [2.75, 3.05) is 18.0 Å². The van der Waals surface area contributed by atoms with Gasteiger partial charge in [-0.25, -0.2) is 13.4 Å². The minimum absolute atomic E-state index is 0.0407. The van der Waals surface area contributed by atoms with Gasteiger partial charge in [0.1, 0.15) is 11.7 Å². The lowest BCUT2D eigenvalue weighted by atomic mass is 9.94. The second kappa shape index (κ2) is 12.0. The second-order valence-corrected chi connectivity index (χ2v) is 12.0. The number of carbonyl (C=O) groups excluding carboxylic acids is 2. The molecule has 1 aliphatic carbocycles. The van der Waals surface area contributed by atoms with Crippen molar-refractivity contribution in [3.8, 4) is 0 Å². The summed E-state index contributed by atoms with van der Waals surface area (Å²) in [5.41, 5.74) is 1.10. The SMILES string of the molecule is O=C(NC1CCCCC1)[C@@H](c1ccccc1)N(C(=O)c1cnccn1)c1ccc(S(=O)(=O)N2CCCC2)cc1. The first-order valence-corrected chi connectivity index (χ1v) is 14.9. The minimum atomic E-state index is -3.63. The number of hydrogen-bond donors (Lipinski definition) is 1. The first kappa shape index (κ1) is 27.0. The third kappa shape index (κ3) is 6.02. The van der Waals surface area contributed by atoms with Crippen LogP contribution in [0, 0.1) is 0 Å². The molecule has 0 spiro atoms. The van der Waals surface area contributed by atoms with E-state index in [2.05, 4.69) is 15.3 Å². The van der Waals surface area contributed by atoms with Crippen LogP contribution in [0.1, 0.15) is 67.0 Å². The summed E-state index contributed by atoms with van der Waals surface area (Å²) in [6.07, 6.45) is 11.0. The molecular weight excluding hydrogens is 514 g/mol. The van der Waals surface area contributed by atoms with Crippen molar-refractivity contribution < 1.29 is 18.0 Å². The van der Waals surface area contributed by atoms with Crippen LogP contribution in [0.5, 0.6) is 0 Å². The zero-order valence-corrected chi connectivity index (χ0v) is 22.6. The summed E-state index contributed by atoms with van der Waals surface area (Å²) in [6.45, 7) is 0.998. The third-order valence-electron chi connectivity index (χ3n) is 7.39. The number of rotatable bonds is 8. The average Bonchev–Trinajstić information content (AvgIpc) is 3.53. The Bertz CT molecular complexity index is 1370. The fourth-order valence-electron chi connectivity index (χ4n) is 5.35. The highest BCUT2D eigenvalue weighted by Gasteiger charge is 2.36. The highest BCUT2D eigenvalue weighted by molar-refractivity contribution is 7.89. The molecule has 9 nitrogen and oxygen atoms in total. The second-order valence-electron chi connectivity index (χ2n) is 10.0. The van der Waals surface area contributed by atoms with E-state index in [-0.39, 0.29) is 22.5 Å². The Balaban J connectivity index is 1.55. The van der Waals surface area contributed by atoms with Gasteiger partial charge in [-0.05, 0) is 55.5 Å². The molecule has 1 saturated carbocycles. The Hall–Kier alpha value is -3.63. The molecule has 2 aliphatic rings. The summed E-state index contributed by atoms with van der Waals surface area (Å²) >= 11 is 0. The van der Waals surface area contributed by atoms with E-state index in [1.807, 2.05) is 30.3 Å². The molecule has 0 unspecified atom stereocenters. The summed E-state index contributed by atoms with van der Waals surface area (Å²) in [5, 5.41) is 3.18. The van der Waals surface area contributed by atoms with E-state index in [0.717, 1.165) is 44.9 Å². The zero-order valence-electron chi connectivity index (χ0n) is 21.8. The summed E-state index contributed by atoms with van der Waals surface area (Å²) in [7, 11) is -3.63. The van der Waals surface area contributed by atoms with Gasteiger partial charge in [-0.2, -0.15) is 4.31 Å². The van der Waals surface area contributed by atoms with Gasteiger partial charge in [0.05, 0.1) is 11.1 Å². The largest absolute Gasteiger partial charge is 0.351 e. The highest BCUT2D eigenvalue weighted by atomic mass is 32.2. The number of carbonyl (C=O) groups is 2. The topological polar surface area (TPSA) is 113 Å². The van der Waals surface area contributed by atoms with Crippen molar-refractivity contribution in [3.63, 3.8) is 0 Å². The molecule has 2 amide bonds. The maximum absolute atomic E-state index is 14.0. The molecule has 204 valence electrons. The predicted molar refractivity (Wildman–Crippen MR) is 147 cm³/mol. The quantitative estimate of drug-likeness (QED) is 0.454. The fourth-order valence-corrected chi connectivity index (χ4v) is 6.87. The Labute approximate surface area is 229 Å². The van der Waals surface area contributed by atoms with Crippen molar-refractivity contribution in [2.24, 2.45) is 0 Å². The lowest BCUT2D eigenvalue weighted by Crippen LogP contribution is -2.47. The number of nitrogens with one attached hydrogen (secondary N) is 1. The van der Waals surface area contributed by atoms with Crippen LogP contribution in [0.4, 0.5) is 5.69 Å². The van der Waals surface area contributed by atoms with Crippen LogP contribution in [0.25, 0.3) is 0 Å². The number of hydrogen-bond acceptors (Lipinski definition) is 6. The molecule has 39 heavy (non-hydrogen) atoms. The first-order chi connectivity index (χ1) is 18.9. The van der Waals surface area contributed by atoms with E-state index >= 15 is 0 Å². The van der Waals surface area contributed by atoms with Gasteiger partial charge in [-0.15, -0.1) is 0 Å². The monoisotopic (exact) mass is 547 g/mol. The number of benzene rings is 2. The smallest absolute Gasteiger partial charge is 0.279 e. The maximum atomic E-state index is 14.0. The Morgan fingerprint density at radius 2 is 1.59 bits per heavy atom. The molecule has 1 aromatic heterocycles. The number of anilines is 1. The number of aromatic nitrogens is 2. The number of sulfonamides is 1. The lowest BCUT2D eigenvalue weighted by molar-refractivity contribution is -0.123. The summed E-state index contributed by atoms with van der Waals surface area (Å²) < 4.78 is 27.7. The minimum Gasteiger partial charge on any atom is -0.351 e. The van der Waals surface area contributed by atoms with E-state index in [1.54, 1.807) is 12.1 Å². The van der Waals surface area contributed by atoms with Gasteiger partial charge < -0.3 is 5.32 Å². The van der Waals surface area contributed by atoms with Gasteiger partial charge in [-0.1, -0.05) is 49.6 Å². The van der Waals surface area contributed by atoms with Gasteiger partial charge in [0.25, 0.3) is 5.91 Å². The van der Waals surface area contributed by atoms with Crippen LogP contribution in [0.2, 0.25) is 0 Å². The molecule has 10 heteroatoms. The van der Waals surface area contributed by atoms with Gasteiger partial charge in [0.2, 0.25) is 15.9 Å². The van der Waals surface area contributed by atoms with Crippen molar-refractivity contribution >= 4 is 27.5 Å². The van der Waals surface area contributed by atoms with Crippen LogP contribution < -0.4 is 10.2 Å². The predicted octanol–water partition coefficient (Wildman–Crippen LogP) is 4.10. The molecule has 3 aromatic rings. The summed E-state index contributed by atoms with van der Waals surface area (Å²) in [5.74, 6) is -0.801.